The lowest BCUT2D eigenvalue weighted by molar-refractivity contribution is -0.384. The second-order valence-electron chi connectivity index (χ2n) is 5.67. The van der Waals surface area contributed by atoms with Crippen LogP contribution in [0.25, 0.3) is 10.2 Å². The van der Waals surface area contributed by atoms with Gasteiger partial charge in [-0.25, -0.2) is 9.97 Å². The lowest BCUT2D eigenvalue weighted by atomic mass is 10.1. The first kappa shape index (κ1) is 20.0. The van der Waals surface area contributed by atoms with Crippen LogP contribution in [0, 0.1) is 39.7 Å². The van der Waals surface area contributed by atoms with Crippen molar-refractivity contribution in [2.75, 3.05) is 16.8 Å². The van der Waals surface area contributed by atoms with Crippen LogP contribution in [0.1, 0.15) is 16.7 Å². The number of hydrogen-bond donors (Lipinski definition) is 2. The predicted octanol–water partition coefficient (Wildman–Crippen LogP) is 2.96. The Labute approximate surface area is 172 Å². The molecule has 0 aliphatic rings. The van der Waals surface area contributed by atoms with Gasteiger partial charge in [0.1, 0.15) is 23.0 Å². The summed E-state index contributed by atoms with van der Waals surface area (Å²) in [5.74, 6) is -0.461. The van der Waals surface area contributed by atoms with Crippen molar-refractivity contribution in [1.29, 1.82) is 10.5 Å². The van der Waals surface area contributed by atoms with Gasteiger partial charge in [-0.2, -0.15) is 10.5 Å². The number of thioether (sulfide) groups is 1. The lowest BCUT2D eigenvalue weighted by Gasteiger charge is -2.09. The number of carbonyl (C=O) groups is 1. The van der Waals surface area contributed by atoms with Gasteiger partial charge in [-0.1, -0.05) is 23.1 Å². The average molecular weight is 425 g/mol. The highest BCUT2D eigenvalue weighted by molar-refractivity contribution is 8.00. The number of aromatic nitrogens is 2. The Balaban J connectivity index is 1.74. The van der Waals surface area contributed by atoms with Crippen LogP contribution < -0.4 is 11.1 Å². The van der Waals surface area contributed by atoms with Gasteiger partial charge in [-0.3, -0.25) is 14.9 Å². The molecule has 0 saturated heterocycles. The molecule has 10 nitrogen and oxygen atoms in total. The largest absolute Gasteiger partial charge is 0.383 e. The Hall–Kier alpha value is -3.74. The summed E-state index contributed by atoms with van der Waals surface area (Å²) >= 11 is 2.13. The molecule has 0 aliphatic carbocycles. The van der Waals surface area contributed by atoms with E-state index >= 15 is 0 Å². The van der Waals surface area contributed by atoms with Crippen molar-refractivity contribution in [2.45, 2.75) is 11.9 Å². The molecule has 12 heteroatoms. The second kappa shape index (κ2) is 8.10. The maximum Gasteiger partial charge on any atom is 0.270 e. The van der Waals surface area contributed by atoms with E-state index in [4.69, 9.17) is 11.0 Å². The summed E-state index contributed by atoms with van der Waals surface area (Å²) in [4.78, 5) is 30.9. The Bertz CT molecular complexity index is 1240. The molecular weight excluding hydrogens is 414 g/mol. The number of nitro benzene ring substituents is 1. The van der Waals surface area contributed by atoms with E-state index in [2.05, 4.69) is 15.3 Å². The van der Waals surface area contributed by atoms with Crippen molar-refractivity contribution in [3.8, 4) is 12.1 Å². The molecule has 1 amide bonds. The number of nitro groups is 1. The summed E-state index contributed by atoms with van der Waals surface area (Å²) in [5, 5.41) is 32.5. The highest BCUT2D eigenvalue weighted by Crippen LogP contribution is 2.30. The maximum absolute atomic E-state index is 12.3. The number of non-ortho nitro benzene ring substituents is 1. The first-order valence-electron chi connectivity index (χ1n) is 7.92. The Morgan fingerprint density at radius 1 is 1.34 bits per heavy atom. The third-order valence-corrected chi connectivity index (χ3v) is 5.74. The quantitative estimate of drug-likeness (QED) is 0.354. The number of carbonyl (C=O) groups excluding carboxylic acids is 1. The van der Waals surface area contributed by atoms with Gasteiger partial charge in [0, 0.05) is 12.1 Å². The van der Waals surface area contributed by atoms with E-state index in [1.54, 1.807) is 6.92 Å². The van der Waals surface area contributed by atoms with Crippen LogP contribution in [0.15, 0.2) is 23.2 Å². The first-order chi connectivity index (χ1) is 13.8. The lowest BCUT2D eigenvalue weighted by Crippen LogP contribution is -2.14. The predicted molar refractivity (Wildman–Crippen MR) is 108 cm³/mol. The van der Waals surface area contributed by atoms with Gasteiger partial charge in [0.2, 0.25) is 5.91 Å². The molecule has 0 bridgehead atoms. The summed E-state index contributed by atoms with van der Waals surface area (Å²) < 4.78 is 0.575. The maximum atomic E-state index is 12.3. The number of amides is 1. The fraction of sp³-hybridized carbons (Fsp3) is 0.118. The van der Waals surface area contributed by atoms with E-state index in [0.717, 1.165) is 23.1 Å². The normalized spacial score (nSPS) is 10.3. The van der Waals surface area contributed by atoms with E-state index in [1.165, 1.54) is 18.2 Å². The summed E-state index contributed by atoms with van der Waals surface area (Å²) in [6, 6.07) is 8.14. The van der Waals surface area contributed by atoms with Crippen molar-refractivity contribution >= 4 is 55.9 Å². The van der Waals surface area contributed by atoms with Gasteiger partial charge in [0.25, 0.3) is 5.69 Å². The number of rotatable bonds is 5. The molecule has 3 rings (SSSR count). The van der Waals surface area contributed by atoms with Crippen LogP contribution in [-0.2, 0) is 4.79 Å². The number of nitrogens with two attached hydrogens (primary N) is 1. The Morgan fingerprint density at radius 3 is 2.72 bits per heavy atom. The number of fused-ring (bicyclic) bond motifs is 1. The minimum atomic E-state index is -0.501. The third kappa shape index (κ3) is 4.08. The molecule has 1 aromatic carbocycles. The fourth-order valence-corrected chi connectivity index (χ4v) is 4.21. The van der Waals surface area contributed by atoms with Gasteiger partial charge in [0.05, 0.1) is 32.0 Å². The van der Waals surface area contributed by atoms with Gasteiger partial charge in [-0.15, -0.1) is 0 Å². The van der Waals surface area contributed by atoms with Crippen LogP contribution >= 0.6 is 23.1 Å². The van der Waals surface area contributed by atoms with E-state index < -0.39 is 10.8 Å². The molecule has 3 N–H and O–H groups in total. The summed E-state index contributed by atoms with van der Waals surface area (Å²) in [6.45, 7) is 1.60. The SMILES string of the molecule is Cc1c(C#N)c(N)nc(SCC(=O)Nc2nc3ccc([N+](=O)[O-])cc3s2)c1C#N. The molecule has 144 valence electrons. The molecule has 0 atom stereocenters. The molecule has 0 radical (unpaired) electrons. The van der Waals surface area contributed by atoms with E-state index in [1.807, 2.05) is 12.1 Å². The van der Waals surface area contributed by atoms with Crippen molar-refractivity contribution in [3.05, 3.63) is 45.0 Å². The number of nitrogens with one attached hydrogen (secondary N) is 1. The van der Waals surface area contributed by atoms with Crippen molar-refractivity contribution in [2.24, 2.45) is 0 Å². The van der Waals surface area contributed by atoms with Crippen LogP contribution in [-0.4, -0.2) is 26.6 Å². The number of benzene rings is 1. The monoisotopic (exact) mass is 425 g/mol. The molecule has 0 unspecified atom stereocenters. The van der Waals surface area contributed by atoms with Crippen molar-refractivity contribution < 1.29 is 9.72 Å². The number of nitriles is 2. The molecule has 2 heterocycles. The highest BCUT2D eigenvalue weighted by atomic mass is 32.2. The number of pyridine rings is 1. The van der Waals surface area contributed by atoms with Crippen molar-refractivity contribution in [1.82, 2.24) is 9.97 Å². The van der Waals surface area contributed by atoms with Crippen molar-refractivity contribution in [3.63, 3.8) is 0 Å². The third-order valence-electron chi connectivity index (χ3n) is 3.83. The number of nitrogen functional groups attached to an aromatic ring is 1. The Kier molecular flexibility index (Phi) is 5.59. The Morgan fingerprint density at radius 2 is 2.07 bits per heavy atom. The minimum absolute atomic E-state index is 0.000300. The zero-order chi connectivity index (χ0) is 21.1. The molecular formula is C17H11N7O3S2. The standard InChI is InChI=1S/C17H11N7O3S2/c1-8-10(5-18)15(20)23-16(11(8)6-19)28-7-14(25)22-17-21-12-3-2-9(24(26)27)4-13(12)29-17/h2-4H,7H2,1H3,(H2,20,23)(H,21,22,25). The summed E-state index contributed by atoms with van der Waals surface area (Å²) in [6.07, 6.45) is 0. The molecule has 0 saturated carbocycles. The van der Waals surface area contributed by atoms with E-state index in [-0.39, 0.29) is 33.4 Å². The minimum Gasteiger partial charge on any atom is -0.383 e. The zero-order valence-electron chi connectivity index (χ0n) is 14.8. The summed E-state index contributed by atoms with van der Waals surface area (Å²) in [7, 11) is 0. The van der Waals surface area contributed by atoms with Gasteiger partial charge >= 0.3 is 0 Å². The molecule has 0 fully saturated rings. The van der Waals surface area contributed by atoms with Crippen LogP contribution in [0.3, 0.4) is 0 Å². The highest BCUT2D eigenvalue weighted by Gasteiger charge is 2.17. The molecule has 2 aromatic heterocycles. The van der Waals surface area contributed by atoms with Gasteiger partial charge < -0.3 is 11.1 Å². The van der Waals surface area contributed by atoms with Crippen LogP contribution in [0.4, 0.5) is 16.6 Å². The second-order valence-corrected chi connectivity index (χ2v) is 7.66. The number of anilines is 2. The number of thiazole rings is 1. The van der Waals surface area contributed by atoms with Crippen LogP contribution in [0.2, 0.25) is 0 Å². The smallest absolute Gasteiger partial charge is 0.270 e. The van der Waals surface area contributed by atoms with E-state index in [9.17, 15) is 20.2 Å². The molecule has 29 heavy (non-hydrogen) atoms. The average Bonchev–Trinajstić information content (AvgIpc) is 3.07. The van der Waals surface area contributed by atoms with Gasteiger partial charge in [-0.05, 0) is 18.6 Å². The molecule has 3 aromatic rings. The van der Waals surface area contributed by atoms with Crippen LogP contribution in [0.5, 0.6) is 0 Å². The zero-order valence-corrected chi connectivity index (χ0v) is 16.4. The van der Waals surface area contributed by atoms with Gasteiger partial charge in [0.15, 0.2) is 5.13 Å². The fourth-order valence-electron chi connectivity index (χ4n) is 2.45. The molecule has 0 aliphatic heterocycles. The molecule has 0 spiro atoms. The first-order valence-corrected chi connectivity index (χ1v) is 9.72. The number of nitrogens with zero attached hydrogens (tertiary/aromatic N) is 5. The topological polar surface area (TPSA) is 172 Å². The summed E-state index contributed by atoms with van der Waals surface area (Å²) in [5.41, 5.74) is 6.98. The number of hydrogen-bond acceptors (Lipinski definition) is 10. The van der Waals surface area contributed by atoms with E-state index in [0.29, 0.717) is 20.9 Å².